The highest BCUT2D eigenvalue weighted by atomic mass is 127. The Hall–Kier alpha value is -2.37. The lowest BCUT2D eigenvalue weighted by atomic mass is 10.3. The van der Waals surface area contributed by atoms with E-state index in [9.17, 15) is 9.18 Å². The first-order valence-corrected chi connectivity index (χ1v) is 9.13. The number of amides is 1. The zero-order valence-electron chi connectivity index (χ0n) is 16.7. The van der Waals surface area contributed by atoms with Gasteiger partial charge in [-0.15, -0.1) is 24.0 Å². The van der Waals surface area contributed by atoms with Gasteiger partial charge in [0.25, 0.3) is 0 Å². The number of carbonyl (C=O) groups excluding carboxylic acids is 1. The van der Waals surface area contributed by atoms with E-state index in [2.05, 4.69) is 15.4 Å². The SMILES string of the molecule is CN=C(NCC(C)Oc1cccc(F)c1)N1CCN(c2cnn(C)c2)C(=O)C1.I. The number of piperazine rings is 1. The summed E-state index contributed by atoms with van der Waals surface area (Å²) in [7, 11) is 3.50. The number of nitrogens with zero attached hydrogens (tertiary/aromatic N) is 5. The van der Waals surface area contributed by atoms with E-state index < -0.39 is 0 Å². The molecule has 1 saturated heterocycles. The number of benzene rings is 1. The van der Waals surface area contributed by atoms with Crippen molar-refractivity contribution >= 4 is 41.5 Å². The molecule has 1 aliphatic heterocycles. The quantitative estimate of drug-likeness (QED) is 0.373. The lowest BCUT2D eigenvalue weighted by Gasteiger charge is -2.35. The predicted molar refractivity (Wildman–Crippen MR) is 120 cm³/mol. The Morgan fingerprint density at radius 2 is 2.21 bits per heavy atom. The van der Waals surface area contributed by atoms with Crippen LogP contribution in [-0.4, -0.2) is 65.9 Å². The van der Waals surface area contributed by atoms with Crippen molar-refractivity contribution in [3.8, 4) is 5.75 Å². The van der Waals surface area contributed by atoms with Crippen molar-refractivity contribution in [1.29, 1.82) is 0 Å². The van der Waals surface area contributed by atoms with Gasteiger partial charge in [-0.3, -0.25) is 14.5 Å². The predicted octanol–water partition coefficient (Wildman–Crippen LogP) is 1.87. The summed E-state index contributed by atoms with van der Waals surface area (Å²) in [6.07, 6.45) is 3.31. The minimum Gasteiger partial charge on any atom is -0.489 e. The molecule has 158 valence electrons. The number of carbonyl (C=O) groups is 1. The molecule has 1 N–H and O–H groups in total. The highest BCUT2D eigenvalue weighted by molar-refractivity contribution is 14.0. The summed E-state index contributed by atoms with van der Waals surface area (Å²) in [6, 6.07) is 6.04. The highest BCUT2D eigenvalue weighted by Crippen LogP contribution is 2.16. The second-order valence-electron chi connectivity index (χ2n) is 6.65. The molecule has 1 aromatic carbocycles. The largest absolute Gasteiger partial charge is 0.489 e. The van der Waals surface area contributed by atoms with Crippen molar-refractivity contribution < 1.29 is 13.9 Å². The normalized spacial score (nSPS) is 15.7. The van der Waals surface area contributed by atoms with E-state index in [1.807, 2.05) is 25.1 Å². The van der Waals surface area contributed by atoms with Crippen LogP contribution in [0, 0.1) is 5.82 Å². The smallest absolute Gasteiger partial charge is 0.246 e. The first-order valence-electron chi connectivity index (χ1n) is 9.13. The molecule has 0 saturated carbocycles. The van der Waals surface area contributed by atoms with Crippen LogP contribution < -0.4 is 15.0 Å². The van der Waals surface area contributed by atoms with E-state index in [0.717, 1.165) is 5.69 Å². The number of anilines is 1. The number of aromatic nitrogens is 2. The number of ether oxygens (including phenoxy) is 1. The Labute approximate surface area is 186 Å². The number of hydrogen-bond donors (Lipinski definition) is 1. The number of nitrogens with one attached hydrogen (secondary N) is 1. The fourth-order valence-corrected chi connectivity index (χ4v) is 3.06. The van der Waals surface area contributed by atoms with Crippen molar-refractivity contribution in [2.75, 3.05) is 38.1 Å². The maximum atomic E-state index is 13.3. The van der Waals surface area contributed by atoms with Gasteiger partial charge in [0.1, 0.15) is 24.2 Å². The third-order valence-electron chi connectivity index (χ3n) is 4.42. The number of hydrogen-bond acceptors (Lipinski definition) is 4. The van der Waals surface area contributed by atoms with Crippen molar-refractivity contribution in [2.45, 2.75) is 13.0 Å². The second-order valence-corrected chi connectivity index (χ2v) is 6.65. The molecule has 0 spiro atoms. The lowest BCUT2D eigenvalue weighted by molar-refractivity contribution is -0.120. The number of guanidine groups is 1. The molecule has 3 rings (SSSR count). The van der Waals surface area contributed by atoms with Crippen molar-refractivity contribution in [1.82, 2.24) is 20.0 Å². The molecule has 1 fully saturated rings. The molecule has 1 aromatic heterocycles. The van der Waals surface area contributed by atoms with E-state index in [1.54, 1.807) is 35.0 Å². The summed E-state index contributed by atoms with van der Waals surface area (Å²) in [5.74, 6) is 0.767. The van der Waals surface area contributed by atoms with Gasteiger partial charge in [0.05, 0.1) is 18.4 Å². The summed E-state index contributed by atoms with van der Waals surface area (Å²) >= 11 is 0. The van der Waals surface area contributed by atoms with Gasteiger partial charge in [0, 0.05) is 39.4 Å². The molecule has 10 heteroatoms. The number of halogens is 2. The van der Waals surface area contributed by atoms with Gasteiger partial charge in [-0.25, -0.2) is 4.39 Å². The molecular formula is C19H26FIN6O2. The van der Waals surface area contributed by atoms with Gasteiger partial charge in [0.15, 0.2) is 5.96 Å². The average Bonchev–Trinajstić information content (AvgIpc) is 3.08. The van der Waals surface area contributed by atoms with Crippen LogP contribution >= 0.6 is 24.0 Å². The van der Waals surface area contributed by atoms with Crippen LogP contribution in [0.1, 0.15) is 6.92 Å². The zero-order valence-corrected chi connectivity index (χ0v) is 19.0. The van der Waals surface area contributed by atoms with Crippen LogP contribution in [0.5, 0.6) is 5.75 Å². The molecule has 0 radical (unpaired) electrons. The molecule has 1 amide bonds. The molecule has 0 aliphatic carbocycles. The van der Waals surface area contributed by atoms with Crippen LogP contribution in [0.3, 0.4) is 0 Å². The molecule has 0 bridgehead atoms. The molecule has 1 aliphatic rings. The minimum absolute atomic E-state index is 0. The van der Waals surface area contributed by atoms with Crippen molar-refractivity contribution in [3.63, 3.8) is 0 Å². The van der Waals surface area contributed by atoms with E-state index >= 15 is 0 Å². The van der Waals surface area contributed by atoms with Crippen molar-refractivity contribution in [3.05, 3.63) is 42.5 Å². The number of aliphatic imine (C=N–C) groups is 1. The van der Waals surface area contributed by atoms with Crippen LogP contribution in [0.25, 0.3) is 0 Å². The highest BCUT2D eigenvalue weighted by Gasteiger charge is 2.27. The summed E-state index contributed by atoms with van der Waals surface area (Å²) in [6.45, 7) is 3.80. The van der Waals surface area contributed by atoms with Crippen molar-refractivity contribution in [2.24, 2.45) is 12.0 Å². The Morgan fingerprint density at radius 3 is 2.83 bits per heavy atom. The monoisotopic (exact) mass is 516 g/mol. The molecule has 1 unspecified atom stereocenters. The van der Waals surface area contributed by atoms with Gasteiger partial charge in [-0.1, -0.05) is 6.07 Å². The van der Waals surface area contributed by atoms with Crippen LogP contribution in [-0.2, 0) is 11.8 Å². The molecule has 2 aromatic rings. The third-order valence-corrected chi connectivity index (χ3v) is 4.42. The Bertz CT molecular complexity index is 859. The zero-order chi connectivity index (χ0) is 20.1. The number of rotatable bonds is 5. The first-order chi connectivity index (χ1) is 13.5. The van der Waals surface area contributed by atoms with E-state index in [1.165, 1.54) is 12.1 Å². The maximum Gasteiger partial charge on any atom is 0.246 e. The first kappa shape index (κ1) is 22.9. The summed E-state index contributed by atoms with van der Waals surface area (Å²) < 4.78 is 20.7. The molecule has 8 nitrogen and oxygen atoms in total. The maximum absolute atomic E-state index is 13.3. The van der Waals surface area contributed by atoms with E-state index in [0.29, 0.717) is 31.3 Å². The molecule has 1 atom stereocenters. The van der Waals surface area contributed by atoms with E-state index in [4.69, 9.17) is 4.74 Å². The summed E-state index contributed by atoms with van der Waals surface area (Å²) in [4.78, 5) is 20.5. The summed E-state index contributed by atoms with van der Waals surface area (Å²) in [5.41, 5.74) is 0.798. The summed E-state index contributed by atoms with van der Waals surface area (Å²) in [5, 5.41) is 7.34. The lowest BCUT2D eigenvalue weighted by Crippen LogP contribution is -2.56. The Balaban J connectivity index is 0.00000300. The number of aryl methyl sites for hydroxylation is 1. The Morgan fingerprint density at radius 1 is 1.41 bits per heavy atom. The average molecular weight is 516 g/mol. The third kappa shape index (κ3) is 6.05. The van der Waals surface area contributed by atoms with Gasteiger partial charge < -0.3 is 19.9 Å². The fraction of sp³-hybridized carbons (Fsp3) is 0.421. The van der Waals surface area contributed by atoms with Crippen LogP contribution in [0.2, 0.25) is 0 Å². The van der Waals surface area contributed by atoms with Gasteiger partial charge in [0.2, 0.25) is 5.91 Å². The fourth-order valence-electron chi connectivity index (χ4n) is 3.06. The second kappa shape index (κ2) is 10.4. The van der Waals surface area contributed by atoms with Gasteiger partial charge in [-0.2, -0.15) is 5.10 Å². The minimum atomic E-state index is -0.335. The van der Waals surface area contributed by atoms with Gasteiger partial charge >= 0.3 is 0 Å². The molecule has 29 heavy (non-hydrogen) atoms. The van der Waals surface area contributed by atoms with Crippen LogP contribution in [0.15, 0.2) is 41.7 Å². The molecule has 2 heterocycles. The van der Waals surface area contributed by atoms with Gasteiger partial charge in [-0.05, 0) is 19.1 Å². The Kier molecular flexibility index (Phi) is 8.23. The van der Waals surface area contributed by atoms with E-state index in [-0.39, 0.29) is 48.3 Å². The van der Waals surface area contributed by atoms with Crippen LogP contribution in [0.4, 0.5) is 10.1 Å². The molecular weight excluding hydrogens is 490 g/mol. The topological polar surface area (TPSA) is 75.0 Å². The standard InChI is InChI=1S/C19H25FN6O2.HI/c1-14(28-17-6-4-5-15(20)9-17)10-22-19(21-2)25-7-8-26(18(27)13-25)16-11-23-24(3)12-16;/h4-6,9,11-12,14H,7-8,10,13H2,1-3H3,(H,21,22);1H.